The van der Waals surface area contributed by atoms with Crippen molar-refractivity contribution >= 4 is 0 Å². The van der Waals surface area contributed by atoms with Gasteiger partial charge in [0.1, 0.15) is 0 Å². The molecule has 0 aliphatic heterocycles. The van der Waals surface area contributed by atoms with Crippen LogP contribution in [0.3, 0.4) is 0 Å². The van der Waals surface area contributed by atoms with E-state index in [1.54, 1.807) is 0 Å². The van der Waals surface area contributed by atoms with Crippen molar-refractivity contribution in [2.45, 2.75) is 145 Å². The Morgan fingerprint density at radius 3 is 2.36 bits per heavy atom. The Bertz CT molecular complexity index is 686. The van der Waals surface area contributed by atoms with Crippen molar-refractivity contribution in [3.8, 4) is 0 Å². The van der Waals surface area contributed by atoms with Crippen molar-refractivity contribution in [1.82, 2.24) is 0 Å². The van der Waals surface area contributed by atoms with E-state index in [2.05, 4.69) is 54.5 Å². The molecule has 8 atom stereocenters. The lowest BCUT2D eigenvalue weighted by Gasteiger charge is -2.63. The molecule has 0 saturated heterocycles. The highest BCUT2D eigenvalue weighted by Crippen LogP contribution is 2.72. The van der Waals surface area contributed by atoms with Gasteiger partial charge >= 0.3 is 0 Å². The number of fused-ring (bicyclic) bond motifs is 5. The molecule has 4 rings (SSSR count). The van der Waals surface area contributed by atoms with E-state index in [0.717, 1.165) is 35.5 Å². The first-order chi connectivity index (χ1) is 15.6. The van der Waals surface area contributed by atoms with Gasteiger partial charge in [-0.15, -0.1) is 0 Å². The molecule has 0 N–H and O–H groups in total. The van der Waals surface area contributed by atoms with Gasteiger partial charge < -0.3 is 0 Å². The molecule has 0 bridgehead atoms. The zero-order valence-corrected chi connectivity index (χ0v) is 23.6. The molecule has 0 aromatic rings. The molecule has 0 heteroatoms. The minimum atomic E-state index is 0.510. The van der Waals surface area contributed by atoms with Crippen LogP contribution in [0, 0.1) is 51.8 Å². The van der Waals surface area contributed by atoms with Crippen molar-refractivity contribution in [1.29, 1.82) is 0 Å². The summed E-state index contributed by atoms with van der Waals surface area (Å²) in [7, 11) is 0. The van der Waals surface area contributed by atoms with Gasteiger partial charge in [0.25, 0.3) is 0 Å². The van der Waals surface area contributed by atoms with Crippen LogP contribution in [0.25, 0.3) is 0 Å². The van der Waals surface area contributed by atoms with Gasteiger partial charge in [-0.1, -0.05) is 105 Å². The van der Waals surface area contributed by atoms with Crippen molar-refractivity contribution in [3.63, 3.8) is 0 Å². The summed E-state index contributed by atoms with van der Waals surface area (Å²) >= 11 is 0. The normalized spacial score (nSPS) is 43.6. The lowest BCUT2D eigenvalue weighted by atomic mass is 9.41. The van der Waals surface area contributed by atoms with Crippen molar-refractivity contribution in [2.75, 3.05) is 0 Å². The lowest BCUT2D eigenvalue weighted by molar-refractivity contribution is -0.112. The zero-order chi connectivity index (χ0) is 23.9. The van der Waals surface area contributed by atoms with Gasteiger partial charge in [-0.25, -0.2) is 0 Å². The molecule has 0 amide bonds. The highest BCUT2D eigenvalue weighted by Gasteiger charge is 2.63. The first-order valence-electron chi connectivity index (χ1n) is 15.3. The van der Waals surface area contributed by atoms with Crippen molar-refractivity contribution in [2.24, 2.45) is 51.8 Å². The molecule has 0 radical (unpaired) electrons. The number of unbranched alkanes of at least 4 members (excludes halogenated alkanes) is 2. The Balaban J connectivity index is 1.48. The van der Waals surface area contributed by atoms with Gasteiger partial charge in [-0.3, -0.25) is 0 Å². The molecule has 0 heterocycles. The Morgan fingerprint density at radius 2 is 1.64 bits per heavy atom. The Kier molecular flexibility index (Phi) is 7.83. The van der Waals surface area contributed by atoms with Crippen molar-refractivity contribution < 1.29 is 0 Å². The molecule has 0 spiro atoms. The minimum Gasteiger partial charge on any atom is -0.0842 e. The fraction of sp³-hybridized carbons (Fsp3) is 0.939. The topological polar surface area (TPSA) is 0 Å². The highest BCUT2D eigenvalue weighted by molar-refractivity contribution is 5.27. The SMILES string of the molecule is CCCCC[C@@H]1CC[C@@]2(C)C(=CC[C@@]3(C)[C@@H]4CC[C@H]([C@H](C)CCCC(C)C)[C@@]4(C)CC[C@@H]32)C1. The summed E-state index contributed by atoms with van der Waals surface area (Å²) in [4.78, 5) is 0. The molecule has 4 aliphatic carbocycles. The first-order valence-corrected chi connectivity index (χ1v) is 15.3. The summed E-state index contributed by atoms with van der Waals surface area (Å²) in [5.41, 5.74) is 3.56. The van der Waals surface area contributed by atoms with E-state index < -0.39 is 0 Å². The molecular weight excluding hydrogens is 396 g/mol. The zero-order valence-electron chi connectivity index (χ0n) is 23.6. The second-order valence-corrected chi connectivity index (χ2v) is 14.6. The van der Waals surface area contributed by atoms with E-state index >= 15 is 0 Å². The largest absolute Gasteiger partial charge is 0.0842 e. The average Bonchev–Trinajstić information content (AvgIpc) is 3.12. The van der Waals surface area contributed by atoms with Crippen LogP contribution in [0.15, 0.2) is 11.6 Å². The smallest absolute Gasteiger partial charge is 0.00825 e. The van der Waals surface area contributed by atoms with E-state index in [0.29, 0.717) is 16.2 Å². The van der Waals surface area contributed by atoms with E-state index in [4.69, 9.17) is 0 Å². The third kappa shape index (κ3) is 4.65. The standard InChI is InChI=1S/C33H58/c1-8-9-10-14-26-17-20-31(5)27(23-26)18-21-33(7)29-16-15-28(25(4)13-11-12-24(2)3)32(29,6)22-19-30(31)33/h18,24-26,28-30H,8-17,19-23H2,1-7H3/t25-,26-,28-,29-,30-,31+,32-,33+/m1/s1. The highest BCUT2D eigenvalue weighted by atomic mass is 14.7. The van der Waals surface area contributed by atoms with Crippen LogP contribution in [-0.2, 0) is 0 Å². The fourth-order valence-electron chi connectivity index (χ4n) is 10.3. The number of hydrogen-bond donors (Lipinski definition) is 0. The number of rotatable bonds is 9. The van der Waals surface area contributed by atoms with Gasteiger partial charge in [0.2, 0.25) is 0 Å². The van der Waals surface area contributed by atoms with Gasteiger partial charge in [0, 0.05) is 0 Å². The van der Waals surface area contributed by atoms with E-state index in [-0.39, 0.29) is 0 Å². The molecule has 3 saturated carbocycles. The maximum Gasteiger partial charge on any atom is -0.00825 e. The third-order valence-electron chi connectivity index (χ3n) is 12.2. The van der Waals surface area contributed by atoms with Crippen LogP contribution < -0.4 is 0 Å². The molecule has 0 unspecified atom stereocenters. The predicted molar refractivity (Wildman–Crippen MR) is 145 cm³/mol. The maximum absolute atomic E-state index is 2.81. The van der Waals surface area contributed by atoms with Crippen LogP contribution in [0.1, 0.15) is 145 Å². The molecular formula is C33H58. The first kappa shape index (κ1) is 25.8. The second kappa shape index (κ2) is 10.0. The van der Waals surface area contributed by atoms with Gasteiger partial charge in [0.05, 0.1) is 0 Å². The predicted octanol–water partition coefficient (Wildman–Crippen LogP) is 10.6. The third-order valence-corrected chi connectivity index (χ3v) is 12.2. The maximum atomic E-state index is 2.81. The monoisotopic (exact) mass is 454 g/mol. The van der Waals surface area contributed by atoms with Gasteiger partial charge in [-0.05, 0) is 103 Å². The van der Waals surface area contributed by atoms with Crippen LogP contribution >= 0.6 is 0 Å². The summed E-state index contributed by atoms with van der Waals surface area (Å²) in [5, 5.41) is 0. The van der Waals surface area contributed by atoms with Crippen LogP contribution in [0.5, 0.6) is 0 Å². The summed E-state index contributed by atoms with van der Waals surface area (Å²) in [5.74, 6) is 5.64. The fourth-order valence-corrected chi connectivity index (χ4v) is 10.3. The molecule has 33 heavy (non-hydrogen) atoms. The van der Waals surface area contributed by atoms with Crippen LogP contribution in [-0.4, -0.2) is 0 Å². The van der Waals surface area contributed by atoms with E-state index in [1.807, 2.05) is 5.57 Å². The van der Waals surface area contributed by atoms with Crippen molar-refractivity contribution in [3.05, 3.63) is 11.6 Å². The van der Waals surface area contributed by atoms with Crippen LogP contribution in [0.4, 0.5) is 0 Å². The van der Waals surface area contributed by atoms with Gasteiger partial charge in [-0.2, -0.15) is 0 Å². The quantitative estimate of drug-likeness (QED) is 0.240. The Labute approximate surface area is 208 Å². The Hall–Kier alpha value is -0.260. The molecule has 0 aromatic heterocycles. The minimum absolute atomic E-state index is 0.510. The van der Waals surface area contributed by atoms with E-state index in [1.165, 1.54) is 96.3 Å². The molecule has 3 fully saturated rings. The molecule has 4 aliphatic rings. The Morgan fingerprint density at radius 1 is 0.848 bits per heavy atom. The number of hydrogen-bond acceptors (Lipinski definition) is 0. The lowest BCUT2D eigenvalue weighted by Crippen LogP contribution is -2.56. The summed E-state index contributed by atoms with van der Waals surface area (Å²) in [6, 6.07) is 0. The van der Waals surface area contributed by atoms with Crippen LogP contribution in [0.2, 0.25) is 0 Å². The molecule has 0 nitrogen and oxygen atoms in total. The molecule has 0 aromatic carbocycles. The summed E-state index contributed by atoms with van der Waals surface area (Å²) < 4.78 is 0. The average molecular weight is 455 g/mol. The number of allylic oxidation sites excluding steroid dienone is 2. The summed E-state index contributed by atoms with van der Waals surface area (Å²) in [6.07, 6.45) is 24.7. The van der Waals surface area contributed by atoms with Gasteiger partial charge in [0.15, 0.2) is 0 Å². The molecule has 190 valence electrons. The second-order valence-electron chi connectivity index (χ2n) is 14.6. The van der Waals surface area contributed by atoms with E-state index in [9.17, 15) is 0 Å². The summed E-state index contributed by atoms with van der Waals surface area (Å²) in [6.45, 7) is 18.0.